The molecule has 0 amide bonds. The molecule has 0 aromatic carbocycles. The van der Waals surface area contributed by atoms with Crippen molar-refractivity contribution in [2.45, 2.75) is 59.0 Å². The number of hydrogen-bond acceptors (Lipinski definition) is 2. The van der Waals surface area contributed by atoms with Crippen molar-refractivity contribution in [1.29, 1.82) is 0 Å². The van der Waals surface area contributed by atoms with E-state index in [1.807, 2.05) is 6.92 Å². The monoisotopic (exact) mass is 234 g/mol. The van der Waals surface area contributed by atoms with Crippen LogP contribution in [0.2, 0.25) is 0 Å². The molecule has 94 valence electrons. The molecule has 3 aliphatic rings. The maximum absolute atomic E-state index is 11.7. The van der Waals surface area contributed by atoms with Crippen molar-refractivity contribution < 1.29 is 9.53 Å². The number of rotatable bonds is 0. The van der Waals surface area contributed by atoms with E-state index in [2.05, 4.69) is 13.8 Å². The van der Waals surface area contributed by atoms with Gasteiger partial charge in [0.15, 0.2) is 0 Å². The van der Waals surface area contributed by atoms with Gasteiger partial charge in [0.05, 0.1) is 0 Å². The lowest BCUT2D eigenvalue weighted by Gasteiger charge is -2.51. The standard InChI is InChI=1S/C15H22O2/c1-9-5-4-6-11-7-13-12(8-15(9,11)3)10(2)14(16)17-13/h9,11,13H,4-8H2,1-3H3. The number of hydrogen-bond donors (Lipinski definition) is 0. The van der Waals surface area contributed by atoms with Crippen LogP contribution in [0.5, 0.6) is 0 Å². The molecule has 4 unspecified atom stereocenters. The predicted octanol–water partition coefficient (Wildman–Crippen LogP) is 3.46. The number of esters is 1. The average molecular weight is 234 g/mol. The first kappa shape index (κ1) is 11.3. The zero-order valence-electron chi connectivity index (χ0n) is 11.1. The van der Waals surface area contributed by atoms with Crippen molar-refractivity contribution in [2.24, 2.45) is 17.3 Å². The van der Waals surface area contributed by atoms with Crippen LogP contribution in [0.3, 0.4) is 0 Å². The summed E-state index contributed by atoms with van der Waals surface area (Å²) in [6.45, 7) is 6.76. The lowest BCUT2D eigenvalue weighted by Crippen LogP contribution is -2.44. The molecule has 4 atom stereocenters. The second-order valence-electron chi connectivity index (χ2n) is 6.49. The van der Waals surface area contributed by atoms with E-state index < -0.39 is 0 Å². The number of carbonyl (C=O) groups is 1. The van der Waals surface area contributed by atoms with Crippen LogP contribution in [0.25, 0.3) is 0 Å². The summed E-state index contributed by atoms with van der Waals surface area (Å²) in [4.78, 5) is 11.7. The maximum atomic E-state index is 11.7. The van der Waals surface area contributed by atoms with Crippen LogP contribution in [-0.4, -0.2) is 12.1 Å². The first-order valence-corrected chi connectivity index (χ1v) is 6.93. The summed E-state index contributed by atoms with van der Waals surface area (Å²) in [5, 5.41) is 0. The minimum atomic E-state index is -0.0695. The molecule has 0 saturated heterocycles. The lowest BCUT2D eigenvalue weighted by molar-refractivity contribution is -0.142. The van der Waals surface area contributed by atoms with Crippen molar-refractivity contribution in [3.63, 3.8) is 0 Å². The van der Waals surface area contributed by atoms with Gasteiger partial charge in [-0.05, 0) is 49.0 Å². The van der Waals surface area contributed by atoms with Crippen LogP contribution in [0.1, 0.15) is 52.9 Å². The molecule has 0 bridgehead atoms. The van der Waals surface area contributed by atoms with E-state index in [-0.39, 0.29) is 12.1 Å². The van der Waals surface area contributed by atoms with E-state index in [0.717, 1.165) is 30.3 Å². The molecule has 0 radical (unpaired) electrons. The van der Waals surface area contributed by atoms with Crippen molar-refractivity contribution in [3.05, 3.63) is 11.1 Å². The molecule has 2 heteroatoms. The molecule has 2 aliphatic carbocycles. The fourth-order valence-electron chi connectivity index (χ4n) is 4.20. The minimum Gasteiger partial charge on any atom is -0.454 e. The van der Waals surface area contributed by atoms with Crippen molar-refractivity contribution in [1.82, 2.24) is 0 Å². The summed E-state index contributed by atoms with van der Waals surface area (Å²) in [5.41, 5.74) is 2.61. The van der Waals surface area contributed by atoms with Crippen molar-refractivity contribution in [3.8, 4) is 0 Å². The molecule has 17 heavy (non-hydrogen) atoms. The topological polar surface area (TPSA) is 26.3 Å². The molecule has 0 aromatic rings. The molecule has 0 spiro atoms. The van der Waals surface area contributed by atoms with Crippen molar-refractivity contribution >= 4 is 5.97 Å². The average Bonchev–Trinajstić information content (AvgIpc) is 2.55. The summed E-state index contributed by atoms with van der Waals surface area (Å²) < 4.78 is 5.49. The fraction of sp³-hybridized carbons (Fsp3) is 0.800. The molecule has 1 heterocycles. The summed E-state index contributed by atoms with van der Waals surface area (Å²) in [6.07, 6.45) is 6.28. The van der Waals surface area contributed by atoms with E-state index >= 15 is 0 Å². The smallest absolute Gasteiger partial charge is 0.334 e. The zero-order chi connectivity index (χ0) is 12.2. The first-order valence-electron chi connectivity index (χ1n) is 6.93. The lowest BCUT2D eigenvalue weighted by atomic mass is 9.54. The highest BCUT2D eigenvalue weighted by Crippen LogP contribution is 2.56. The third-order valence-electron chi connectivity index (χ3n) is 5.74. The number of carbonyl (C=O) groups excluding carboxylic acids is 1. The van der Waals surface area contributed by atoms with Crippen molar-refractivity contribution in [2.75, 3.05) is 0 Å². The van der Waals surface area contributed by atoms with Gasteiger partial charge in [-0.3, -0.25) is 0 Å². The third kappa shape index (κ3) is 1.49. The fourth-order valence-corrected chi connectivity index (χ4v) is 4.20. The molecule has 3 rings (SSSR count). The van der Waals surface area contributed by atoms with Crippen LogP contribution in [0.4, 0.5) is 0 Å². The summed E-state index contributed by atoms with van der Waals surface area (Å²) in [7, 11) is 0. The van der Waals surface area contributed by atoms with Gasteiger partial charge in [-0.1, -0.05) is 26.7 Å². The molecular weight excluding hydrogens is 212 g/mol. The van der Waals surface area contributed by atoms with E-state index in [0.29, 0.717) is 5.41 Å². The molecule has 2 saturated carbocycles. The molecule has 1 aliphatic heterocycles. The number of fused-ring (bicyclic) bond motifs is 2. The summed E-state index contributed by atoms with van der Waals surface area (Å²) >= 11 is 0. The van der Waals surface area contributed by atoms with Gasteiger partial charge in [0.1, 0.15) is 6.10 Å². The molecule has 0 aromatic heterocycles. The van der Waals surface area contributed by atoms with Gasteiger partial charge < -0.3 is 4.74 Å². The Morgan fingerprint density at radius 1 is 1.35 bits per heavy atom. The van der Waals surface area contributed by atoms with E-state index in [1.165, 1.54) is 24.8 Å². The maximum Gasteiger partial charge on any atom is 0.334 e. The van der Waals surface area contributed by atoms with E-state index in [4.69, 9.17) is 4.74 Å². The Hall–Kier alpha value is -0.790. The van der Waals surface area contributed by atoms with Crippen LogP contribution in [0.15, 0.2) is 11.1 Å². The second kappa shape index (κ2) is 3.60. The van der Waals surface area contributed by atoms with Crippen LogP contribution < -0.4 is 0 Å². The quantitative estimate of drug-likeness (QED) is 0.600. The predicted molar refractivity (Wildman–Crippen MR) is 66.4 cm³/mol. The van der Waals surface area contributed by atoms with Crippen LogP contribution in [-0.2, 0) is 9.53 Å². The summed E-state index contributed by atoms with van der Waals surface area (Å²) in [6, 6.07) is 0. The van der Waals surface area contributed by atoms with Gasteiger partial charge in [-0.15, -0.1) is 0 Å². The molecule has 0 N–H and O–H groups in total. The summed E-state index contributed by atoms with van der Waals surface area (Å²) in [5.74, 6) is 1.46. The van der Waals surface area contributed by atoms with Gasteiger partial charge in [0, 0.05) is 5.57 Å². The van der Waals surface area contributed by atoms with Gasteiger partial charge in [-0.25, -0.2) is 4.79 Å². The Labute approximate surface area is 103 Å². The highest BCUT2D eigenvalue weighted by Gasteiger charge is 2.50. The van der Waals surface area contributed by atoms with Gasteiger partial charge in [0.25, 0.3) is 0 Å². The Balaban J connectivity index is 1.95. The Morgan fingerprint density at radius 2 is 2.12 bits per heavy atom. The molecule has 2 fully saturated rings. The highest BCUT2D eigenvalue weighted by molar-refractivity contribution is 5.91. The van der Waals surface area contributed by atoms with Crippen LogP contribution in [0, 0.1) is 17.3 Å². The van der Waals surface area contributed by atoms with Crippen LogP contribution >= 0.6 is 0 Å². The normalized spacial score (nSPS) is 45.4. The highest BCUT2D eigenvalue weighted by atomic mass is 16.5. The Kier molecular flexibility index (Phi) is 2.39. The Bertz CT molecular complexity index is 396. The van der Waals surface area contributed by atoms with Gasteiger partial charge >= 0.3 is 5.97 Å². The Morgan fingerprint density at radius 3 is 2.88 bits per heavy atom. The number of ether oxygens (including phenoxy) is 1. The largest absolute Gasteiger partial charge is 0.454 e. The first-order chi connectivity index (χ1) is 8.02. The van der Waals surface area contributed by atoms with Gasteiger partial charge in [0.2, 0.25) is 0 Å². The van der Waals surface area contributed by atoms with E-state index in [9.17, 15) is 4.79 Å². The molecular formula is C15H22O2. The SMILES string of the molecule is CC1=C2CC3(C)C(C)CCCC3CC2OC1=O. The third-order valence-corrected chi connectivity index (χ3v) is 5.74. The second-order valence-corrected chi connectivity index (χ2v) is 6.49. The molecule has 2 nitrogen and oxygen atoms in total. The van der Waals surface area contributed by atoms with E-state index in [1.54, 1.807) is 0 Å². The zero-order valence-corrected chi connectivity index (χ0v) is 11.1. The van der Waals surface area contributed by atoms with Gasteiger partial charge in [-0.2, -0.15) is 0 Å². The minimum absolute atomic E-state index is 0.0695.